The lowest BCUT2D eigenvalue weighted by atomic mass is 10.2. The van der Waals surface area contributed by atoms with Gasteiger partial charge in [0, 0.05) is 33.1 Å². The molecule has 5 nitrogen and oxygen atoms in total. The van der Waals surface area contributed by atoms with Gasteiger partial charge in [0.2, 0.25) is 5.91 Å². The molecule has 6 heteroatoms. The minimum atomic E-state index is 0.0893. The third-order valence-corrected chi connectivity index (χ3v) is 3.15. The highest BCUT2D eigenvalue weighted by atomic mass is 35.5. The summed E-state index contributed by atoms with van der Waals surface area (Å²) in [6.07, 6.45) is 0. The van der Waals surface area contributed by atoms with E-state index < -0.39 is 0 Å². The van der Waals surface area contributed by atoms with Crippen molar-refractivity contribution in [3.63, 3.8) is 0 Å². The number of amides is 1. The average Bonchev–Trinajstić information content (AvgIpc) is 2.38. The number of carbonyl (C=O) groups is 1. The van der Waals surface area contributed by atoms with Crippen LogP contribution < -0.4 is 4.90 Å². The number of hydrogen-bond acceptors (Lipinski definition) is 4. The van der Waals surface area contributed by atoms with Gasteiger partial charge in [0.1, 0.15) is 11.0 Å². The van der Waals surface area contributed by atoms with E-state index in [4.69, 9.17) is 16.9 Å². The van der Waals surface area contributed by atoms with Crippen LogP contribution in [-0.2, 0) is 4.79 Å². The number of aromatic nitrogens is 1. The Balaban J connectivity index is 2.12. The molecule has 0 bridgehead atoms. The Kier molecular flexibility index (Phi) is 3.68. The highest BCUT2D eigenvalue weighted by Crippen LogP contribution is 2.19. The van der Waals surface area contributed by atoms with E-state index in [9.17, 15) is 4.79 Å². The number of rotatable bonds is 1. The predicted molar refractivity (Wildman–Crippen MR) is 68.4 cm³/mol. The second-order valence-electron chi connectivity index (χ2n) is 4.14. The Labute approximate surface area is 111 Å². The van der Waals surface area contributed by atoms with E-state index in [0.717, 1.165) is 0 Å². The number of piperazine rings is 1. The molecule has 1 aliphatic rings. The van der Waals surface area contributed by atoms with Crippen molar-refractivity contribution in [2.45, 2.75) is 6.92 Å². The Morgan fingerprint density at radius 3 is 2.61 bits per heavy atom. The molecule has 1 aromatic heterocycles. The van der Waals surface area contributed by atoms with E-state index in [2.05, 4.69) is 11.1 Å². The number of nitriles is 1. The molecule has 0 spiro atoms. The van der Waals surface area contributed by atoms with Crippen molar-refractivity contribution < 1.29 is 4.79 Å². The van der Waals surface area contributed by atoms with Gasteiger partial charge in [0.05, 0.1) is 11.6 Å². The topological polar surface area (TPSA) is 60.2 Å². The summed E-state index contributed by atoms with van der Waals surface area (Å²) in [5, 5.41) is 9.21. The molecule has 1 aromatic rings. The van der Waals surface area contributed by atoms with Crippen LogP contribution in [0, 0.1) is 11.3 Å². The summed E-state index contributed by atoms with van der Waals surface area (Å²) in [6.45, 7) is 4.33. The van der Waals surface area contributed by atoms with E-state index in [0.29, 0.717) is 42.7 Å². The molecule has 0 saturated carbocycles. The second-order valence-corrected chi connectivity index (χ2v) is 4.53. The molecular formula is C12H13ClN4O. The van der Waals surface area contributed by atoms with Crippen LogP contribution in [0.1, 0.15) is 12.5 Å². The zero-order chi connectivity index (χ0) is 13.1. The third-order valence-electron chi connectivity index (χ3n) is 2.96. The summed E-state index contributed by atoms with van der Waals surface area (Å²) >= 11 is 5.87. The van der Waals surface area contributed by atoms with Gasteiger partial charge >= 0.3 is 0 Å². The lowest BCUT2D eigenvalue weighted by Crippen LogP contribution is -2.48. The van der Waals surface area contributed by atoms with Crippen molar-refractivity contribution in [1.29, 1.82) is 5.26 Å². The highest BCUT2D eigenvalue weighted by Gasteiger charge is 2.20. The molecule has 94 valence electrons. The van der Waals surface area contributed by atoms with E-state index in [1.54, 1.807) is 17.9 Å². The Hall–Kier alpha value is -1.80. The van der Waals surface area contributed by atoms with Gasteiger partial charge in [-0.2, -0.15) is 5.26 Å². The van der Waals surface area contributed by atoms with Gasteiger partial charge in [-0.1, -0.05) is 11.6 Å². The minimum absolute atomic E-state index is 0.0893. The average molecular weight is 265 g/mol. The van der Waals surface area contributed by atoms with Crippen LogP contribution in [-0.4, -0.2) is 42.0 Å². The molecule has 0 aromatic carbocycles. The fourth-order valence-electron chi connectivity index (χ4n) is 1.96. The first-order valence-electron chi connectivity index (χ1n) is 5.68. The van der Waals surface area contributed by atoms with Gasteiger partial charge in [0.25, 0.3) is 0 Å². The lowest BCUT2D eigenvalue weighted by molar-refractivity contribution is -0.129. The molecule has 0 atom stereocenters. The largest absolute Gasteiger partial charge is 0.353 e. The predicted octanol–water partition coefficient (Wildman–Crippen LogP) is 1.28. The Morgan fingerprint density at radius 1 is 1.39 bits per heavy atom. The number of nitrogens with zero attached hydrogens (tertiary/aromatic N) is 4. The van der Waals surface area contributed by atoms with Gasteiger partial charge in [0.15, 0.2) is 0 Å². The molecule has 2 rings (SSSR count). The first kappa shape index (κ1) is 12.7. The van der Waals surface area contributed by atoms with Crippen molar-refractivity contribution >= 4 is 23.3 Å². The van der Waals surface area contributed by atoms with Crippen LogP contribution in [0.15, 0.2) is 12.1 Å². The van der Waals surface area contributed by atoms with Gasteiger partial charge in [-0.3, -0.25) is 4.79 Å². The zero-order valence-electron chi connectivity index (χ0n) is 10.1. The van der Waals surface area contributed by atoms with Crippen molar-refractivity contribution in [2.75, 3.05) is 31.1 Å². The SMILES string of the molecule is CC(=O)N1CCN(c2cc(C#N)cc(Cl)n2)CC1. The molecule has 0 aliphatic carbocycles. The minimum Gasteiger partial charge on any atom is -0.353 e. The molecule has 0 unspecified atom stereocenters. The molecule has 0 radical (unpaired) electrons. The maximum Gasteiger partial charge on any atom is 0.219 e. The van der Waals surface area contributed by atoms with E-state index in [-0.39, 0.29) is 5.91 Å². The summed E-state index contributed by atoms with van der Waals surface area (Å²) in [5.41, 5.74) is 0.499. The van der Waals surface area contributed by atoms with Crippen LogP contribution in [0.2, 0.25) is 5.15 Å². The number of anilines is 1. The van der Waals surface area contributed by atoms with Crippen molar-refractivity contribution in [2.24, 2.45) is 0 Å². The second kappa shape index (κ2) is 5.23. The summed E-state index contributed by atoms with van der Waals surface area (Å²) in [6, 6.07) is 5.31. The standard InChI is InChI=1S/C12H13ClN4O/c1-9(18)16-2-4-17(5-3-16)12-7-10(8-14)6-11(13)15-12/h6-7H,2-5H2,1H3. The van der Waals surface area contributed by atoms with Crippen molar-refractivity contribution in [1.82, 2.24) is 9.88 Å². The summed E-state index contributed by atoms with van der Waals surface area (Å²) in [5.74, 6) is 0.786. The third kappa shape index (κ3) is 2.71. The van der Waals surface area contributed by atoms with Gasteiger partial charge in [-0.05, 0) is 12.1 Å². The molecule has 0 N–H and O–H groups in total. The molecule has 1 saturated heterocycles. The van der Waals surface area contributed by atoms with Gasteiger partial charge in [-0.15, -0.1) is 0 Å². The zero-order valence-corrected chi connectivity index (χ0v) is 10.8. The van der Waals surface area contributed by atoms with Crippen molar-refractivity contribution in [3.05, 3.63) is 22.8 Å². The van der Waals surface area contributed by atoms with E-state index in [1.165, 1.54) is 6.07 Å². The molecular weight excluding hydrogens is 252 g/mol. The normalized spacial score (nSPS) is 15.4. The molecule has 2 heterocycles. The number of hydrogen-bond donors (Lipinski definition) is 0. The summed E-state index contributed by atoms with van der Waals surface area (Å²) < 4.78 is 0. The monoisotopic (exact) mass is 264 g/mol. The maximum atomic E-state index is 11.2. The number of halogens is 1. The smallest absolute Gasteiger partial charge is 0.219 e. The van der Waals surface area contributed by atoms with E-state index >= 15 is 0 Å². The van der Waals surface area contributed by atoms with E-state index in [1.807, 2.05) is 4.90 Å². The number of pyridine rings is 1. The fourth-order valence-corrected chi connectivity index (χ4v) is 2.16. The fraction of sp³-hybridized carbons (Fsp3) is 0.417. The van der Waals surface area contributed by atoms with Crippen LogP contribution in [0.3, 0.4) is 0 Å². The first-order chi connectivity index (χ1) is 8.60. The van der Waals surface area contributed by atoms with Crippen molar-refractivity contribution in [3.8, 4) is 6.07 Å². The van der Waals surface area contributed by atoms with Crippen LogP contribution in [0.5, 0.6) is 0 Å². The summed E-state index contributed by atoms with van der Waals surface area (Å²) in [4.78, 5) is 19.3. The van der Waals surface area contributed by atoms with Crippen LogP contribution in [0.25, 0.3) is 0 Å². The van der Waals surface area contributed by atoms with Crippen LogP contribution >= 0.6 is 11.6 Å². The van der Waals surface area contributed by atoms with Gasteiger partial charge < -0.3 is 9.80 Å². The highest BCUT2D eigenvalue weighted by molar-refractivity contribution is 6.29. The Bertz CT molecular complexity index is 503. The number of carbonyl (C=O) groups excluding carboxylic acids is 1. The maximum absolute atomic E-state index is 11.2. The Morgan fingerprint density at radius 2 is 2.06 bits per heavy atom. The molecule has 1 amide bonds. The summed E-state index contributed by atoms with van der Waals surface area (Å²) in [7, 11) is 0. The molecule has 1 aliphatic heterocycles. The first-order valence-corrected chi connectivity index (χ1v) is 6.06. The van der Waals surface area contributed by atoms with Crippen LogP contribution in [0.4, 0.5) is 5.82 Å². The lowest BCUT2D eigenvalue weighted by Gasteiger charge is -2.34. The quantitative estimate of drug-likeness (QED) is 0.717. The molecule has 1 fully saturated rings. The molecule has 18 heavy (non-hydrogen) atoms. The van der Waals surface area contributed by atoms with Gasteiger partial charge in [-0.25, -0.2) is 4.98 Å².